The highest BCUT2D eigenvalue weighted by Gasteiger charge is 2.15. The summed E-state index contributed by atoms with van der Waals surface area (Å²) in [5, 5.41) is 0. The van der Waals surface area contributed by atoms with E-state index in [1.165, 1.54) is 14.2 Å². The lowest BCUT2D eigenvalue weighted by molar-refractivity contribution is -0.143. The standard InChI is InChI=1S/C18H17N3O6/c1-24-16(22)9-26-11-3-4-12(15(7-11)27-10-17(23)25-2)18-20-13-5-6-19-8-14(13)21-18/h3-8H,9-10H2,1-2H3,(H,20,21). The molecule has 0 spiro atoms. The topological polar surface area (TPSA) is 113 Å². The number of rotatable bonds is 7. The smallest absolute Gasteiger partial charge is 0.343 e. The maximum absolute atomic E-state index is 11.4. The molecule has 0 unspecified atom stereocenters. The molecule has 0 bridgehead atoms. The van der Waals surface area contributed by atoms with Crippen molar-refractivity contribution in [1.29, 1.82) is 0 Å². The van der Waals surface area contributed by atoms with Crippen LogP contribution >= 0.6 is 0 Å². The molecule has 27 heavy (non-hydrogen) atoms. The molecule has 3 aromatic rings. The number of methoxy groups -OCH3 is 2. The molecule has 0 atom stereocenters. The molecule has 0 aliphatic carbocycles. The second-order valence-corrected chi connectivity index (χ2v) is 5.37. The van der Waals surface area contributed by atoms with Gasteiger partial charge in [0.1, 0.15) is 17.3 Å². The maximum atomic E-state index is 11.4. The van der Waals surface area contributed by atoms with Crippen molar-refractivity contribution in [3.8, 4) is 22.9 Å². The number of aromatic amines is 1. The van der Waals surface area contributed by atoms with E-state index in [1.54, 1.807) is 36.7 Å². The van der Waals surface area contributed by atoms with E-state index in [0.29, 0.717) is 22.9 Å². The lowest BCUT2D eigenvalue weighted by Gasteiger charge is -2.12. The van der Waals surface area contributed by atoms with Crippen LogP contribution in [0.3, 0.4) is 0 Å². The van der Waals surface area contributed by atoms with Crippen molar-refractivity contribution in [2.45, 2.75) is 0 Å². The summed E-state index contributed by atoms with van der Waals surface area (Å²) in [5.41, 5.74) is 2.11. The van der Waals surface area contributed by atoms with E-state index in [-0.39, 0.29) is 13.2 Å². The fraction of sp³-hybridized carbons (Fsp3) is 0.222. The van der Waals surface area contributed by atoms with Gasteiger partial charge < -0.3 is 23.9 Å². The van der Waals surface area contributed by atoms with Gasteiger partial charge in [-0.25, -0.2) is 14.6 Å². The number of benzene rings is 1. The van der Waals surface area contributed by atoms with Crippen LogP contribution in [0.4, 0.5) is 0 Å². The molecule has 0 saturated heterocycles. The second-order valence-electron chi connectivity index (χ2n) is 5.37. The average Bonchev–Trinajstić information content (AvgIpc) is 3.14. The maximum Gasteiger partial charge on any atom is 0.343 e. The number of pyridine rings is 1. The Morgan fingerprint density at radius 3 is 2.48 bits per heavy atom. The van der Waals surface area contributed by atoms with Gasteiger partial charge in [0, 0.05) is 12.3 Å². The molecular weight excluding hydrogens is 354 g/mol. The highest BCUT2D eigenvalue weighted by molar-refractivity contribution is 5.80. The van der Waals surface area contributed by atoms with Crippen LogP contribution in [0.1, 0.15) is 0 Å². The molecule has 0 fully saturated rings. The van der Waals surface area contributed by atoms with Crippen molar-refractivity contribution in [1.82, 2.24) is 15.0 Å². The molecule has 3 rings (SSSR count). The Balaban J connectivity index is 1.92. The zero-order valence-corrected chi connectivity index (χ0v) is 14.7. The minimum absolute atomic E-state index is 0.247. The van der Waals surface area contributed by atoms with Gasteiger partial charge in [-0.3, -0.25) is 4.98 Å². The van der Waals surface area contributed by atoms with Gasteiger partial charge in [0.05, 0.1) is 37.0 Å². The lowest BCUT2D eigenvalue weighted by Crippen LogP contribution is -2.14. The van der Waals surface area contributed by atoms with Crippen molar-refractivity contribution in [3.63, 3.8) is 0 Å². The van der Waals surface area contributed by atoms with E-state index in [4.69, 9.17) is 9.47 Å². The van der Waals surface area contributed by atoms with E-state index in [2.05, 4.69) is 24.4 Å². The first-order valence-corrected chi connectivity index (χ1v) is 7.94. The second kappa shape index (κ2) is 8.17. The highest BCUT2D eigenvalue weighted by atomic mass is 16.6. The molecule has 1 N–H and O–H groups in total. The lowest BCUT2D eigenvalue weighted by atomic mass is 10.2. The van der Waals surface area contributed by atoms with Crippen LogP contribution in [0.2, 0.25) is 0 Å². The Kier molecular flexibility index (Phi) is 5.50. The van der Waals surface area contributed by atoms with E-state index >= 15 is 0 Å². The molecule has 9 nitrogen and oxygen atoms in total. The monoisotopic (exact) mass is 371 g/mol. The average molecular weight is 371 g/mol. The summed E-state index contributed by atoms with van der Waals surface area (Å²) in [6, 6.07) is 6.71. The van der Waals surface area contributed by atoms with Crippen LogP contribution < -0.4 is 9.47 Å². The first-order valence-electron chi connectivity index (χ1n) is 7.94. The largest absolute Gasteiger partial charge is 0.482 e. The number of H-pyrrole nitrogens is 1. The Bertz CT molecular complexity index is 936. The van der Waals surface area contributed by atoms with Crippen LogP contribution in [-0.4, -0.2) is 54.3 Å². The SMILES string of the molecule is COC(=O)COc1ccc(-c2nc3ccncc3[nH]2)c(OCC(=O)OC)c1. The molecule has 2 aromatic heterocycles. The molecule has 1 aromatic carbocycles. The number of carbonyl (C=O) groups excluding carboxylic acids is 2. The van der Waals surface area contributed by atoms with Gasteiger partial charge in [-0.1, -0.05) is 0 Å². The van der Waals surface area contributed by atoms with E-state index in [1.807, 2.05) is 0 Å². The number of hydrogen-bond donors (Lipinski definition) is 1. The summed E-state index contributed by atoms with van der Waals surface area (Å²) in [4.78, 5) is 34.4. The number of fused-ring (bicyclic) bond motifs is 1. The molecule has 0 aliphatic heterocycles. The minimum atomic E-state index is -0.532. The molecule has 0 saturated carbocycles. The predicted molar refractivity (Wildman–Crippen MR) is 94.3 cm³/mol. The van der Waals surface area contributed by atoms with Crippen LogP contribution in [0.5, 0.6) is 11.5 Å². The summed E-state index contributed by atoms with van der Waals surface area (Å²) in [7, 11) is 2.55. The number of nitrogens with zero attached hydrogens (tertiary/aromatic N) is 2. The summed E-state index contributed by atoms with van der Waals surface area (Å²) in [6.45, 7) is -0.533. The van der Waals surface area contributed by atoms with Gasteiger partial charge >= 0.3 is 11.9 Å². The molecule has 9 heteroatoms. The molecular formula is C18H17N3O6. The Hall–Kier alpha value is -3.62. The van der Waals surface area contributed by atoms with Gasteiger partial charge in [-0.15, -0.1) is 0 Å². The quantitative estimate of drug-likeness (QED) is 0.625. The van der Waals surface area contributed by atoms with Gasteiger partial charge in [-0.05, 0) is 18.2 Å². The fourth-order valence-corrected chi connectivity index (χ4v) is 2.29. The van der Waals surface area contributed by atoms with Gasteiger partial charge in [0.15, 0.2) is 13.2 Å². The van der Waals surface area contributed by atoms with E-state index in [9.17, 15) is 9.59 Å². The van der Waals surface area contributed by atoms with Crippen LogP contribution in [0, 0.1) is 0 Å². The molecule has 140 valence electrons. The number of carbonyl (C=O) groups is 2. The minimum Gasteiger partial charge on any atom is -0.482 e. The zero-order valence-electron chi connectivity index (χ0n) is 14.7. The van der Waals surface area contributed by atoms with Crippen LogP contribution in [0.25, 0.3) is 22.4 Å². The Labute approximate surface area is 154 Å². The van der Waals surface area contributed by atoms with Gasteiger partial charge in [0.2, 0.25) is 0 Å². The molecule has 0 aliphatic rings. The molecule has 2 heterocycles. The normalized spacial score (nSPS) is 10.4. The number of nitrogens with one attached hydrogen (secondary N) is 1. The predicted octanol–water partition coefficient (Wildman–Crippen LogP) is 1.73. The van der Waals surface area contributed by atoms with Crippen molar-refractivity contribution in [2.75, 3.05) is 27.4 Å². The number of ether oxygens (including phenoxy) is 4. The summed E-state index contributed by atoms with van der Waals surface area (Å²) < 4.78 is 20.1. The van der Waals surface area contributed by atoms with Crippen LogP contribution in [-0.2, 0) is 19.1 Å². The van der Waals surface area contributed by atoms with Crippen molar-refractivity contribution in [3.05, 3.63) is 36.7 Å². The van der Waals surface area contributed by atoms with Crippen molar-refractivity contribution in [2.24, 2.45) is 0 Å². The number of aromatic nitrogens is 3. The Morgan fingerprint density at radius 2 is 1.78 bits per heavy atom. The highest BCUT2D eigenvalue weighted by Crippen LogP contribution is 2.33. The summed E-state index contributed by atoms with van der Waals surface area (Å²) >= 11 is 0. The van der Waals surface area contributed by atoms with Crippen LogP contribution in [0.15, 0.2) is 36.7 Å². The third-order valence-electron chi connectivity index (χ3n) is 3.65. The third-order valence-corrected chi connectivity index (χ3v) is 3.65. The van der Waals surface area contributed by atoms with Crippen molar-refractivity contribution < 1.29 is 28.5 Å². The van der Waals surface area contributed by atoms with Gasteiger partial charge in [-0.2, -0.15) is 0 Å². The first kappa shape index (κ1) is 18.2. The van der Waals surface area contributed by atoms with E-state index in [0.717, 1.165) is 11.0 Å². The zero-order chi connectivity index (χ0) is 19.2. The summed E-state index contributed by atoms with van der Waals surface area (Å²) in [6.07, 6.45) is 3.31. The number of imidazole rings is 1. The molecule has 0 radical (unpaired) electrons. The van der Waals surface area contributed by atoms with Crippen molar-refractivity contribution >= 4 is 23.0 Å². The molecule has 0 amide bonds. The number of esters is 2. The third kappa shape index (κ3) is 4.32. The first-order chi connectivity index (χ1) is 13.1. The Morgan fingerprint density at radius 1 is 1.04 bits per heavy atom. The fourth-order valence-electron chi connectivity index (χ4n) is 2.29. The summed E-state index contributed by atoms with van der Waals surface area (Å²) in [5.74, 6) is 0.213. The van der Waals surface area contributed by atoms with Gasteiger partial charge in [0.25, 0.3) is 0 Å². The number of hydrogen-bond acceptors (Lipinski definition) is 8. The van der Waals surface area contributed by atoms with E-state index < -0.39 is 11.9 Å².